The second-order valence-corrected chi connectivity index (χ2v) is 20.4. The topological polar surface area (TPSA) is 348 Å². The van der Waals surface area contributed by atoms with Crippen molar-refractivity contribution in [3.63, 3.8) is 0 Å². The standard InChI is InChI=1S/C52H89N11O10/c1-8-13-37-48(69)63-43(27-32(5)6)47(68)56-25-21-41(61-49(70)38(18-22-53)57-45(66)30-36(64)17-16-33(7)9-2)52(73)60-40(20-24-55)51(72)62-42(26-31(3)4)44(65)29-35(28-34-14-11-10-12-15-34)46(67)58-39(19-23-54)50(71)59-37/h10-12,14-15,31-33,35-43,64H,8-9,13,16-30,53-55H2,1-7H3,(H,56,68)(H,57,66)(H,58,67)(H,59,71)(H,60,73)(H,61,70)(H,62,72)(H,63,69)/t33?,35-,36+,37-,38+,39-,40-,41-,42-,43-/m0/s1. The predicted octanol–water partition coefficient (Wildman–Crippen LogP) is 0.234. The SMILES string of the molecule is CCC[C@@H]1NC(=O)[C@H](CCN)NC(=O)[C@@H](Cc2ccccc2)CC(=O)[C@H](CC(C)C)NC(=O)[C@H](CCN)NC(=O)[C@@H](NC(=O)[C@@H](CCN)NC(=O)C[C@H](O)CCC(C)CC)CCNC(=O)[C@H](CC(C)C)NC1=O. The summed E-state index contributed by atoms with van der Waals surface area (Å²) in [5.74, 6) is -7.00. The molecule has 1 fully saturated rings. The van der Waals surface area contributed by atoms with Crippen molar-refractivity contribution in [3.8, 4) is 0 Å². The van der Waals surface area contributed by atoms with Crippen molar-refractivity contribution >= 4 is 53.0 Å². The first-order valence-electron chi connectivity index (χ1n) is 26.4. The smallest absolute Gasteiger partial charge is 0.243 e. The second kappa shape index (κ2) is 34.1. The minimum Gasteiger partial charge on any atom is -0.393 e. The number of carbonyl (C=O) groups is 9. The Morgan fingerprint density at radius 1 is 0.658 bits per heavy atom. The number of benzene rings is 1. The number of aliphatic hydroxyl groups excluding tert-OH is 1. The minimum atomic E-state index is -1.44. The first kappa shape index (κ1) is 63.6. The zero-order chi connectivity index (χ0) is 54.6. The van der Waals surface area contributed by atoms with Crippen molar-refractivity contribution in [1.82, 2.24) is 42.5 Å². The van der Waals surface area contributed by atoms with Crippen molar-refractivity contribution in [1.29, 1.82) is 0 Å². The molecule has 1 saturated heterocycles. The van der Waals surface area contributed by atoms with Crippen LogP contribution in [0.4, 0.5) is 0 Å². The third kappa shape index (κ3) is 23.9. The summed E-state index contributed by atoms with van der Waals surface area (Å²) in [6, 6.07) is 0.421. The number of ketones is 1. The molecule has 0 saturated carbocycles. The fraction of sp³-hybridized carbons (Fsp3) is 0.712. The Kier molecular flexibility index (Phi) is 29.7. The molecule has 412 valence electrons. The Morgan fingerprint density at radius 2 is 1.19 bits per heavy atom. The number of amides is 8. The molecular formula is C52H89N11O10. The van der Waals surface area contributed by atoms with Crippen LogP contribution in [0.2, 0.25) is 0 Å². The Bertz CT molecular complexity index is 1920. The van der Waals surface area contributed by atoms with Crippen molar-refractivity contribution < 1.29 is 48.3 Å². The summed E-state index contributed by atoms with van der Waals surface area (Å²) in [4.78, 5) is 126. The van der Waals surface area contributed by atoms with Crippen molar-refractivity contribution in [3.05, 3.63) is 35.9 Å². The van der Waals surface area contributed by atoms with Gasteiger partial charge in [0, 0.05) is 18.9 Å². The maximum Gasteiger partial charge on any atom is 0.243 e. The van der Waals surface area contributed by atoms with E-state index in [4.69, 9.17) is 17.2 Å². The van der Waals surface area contributed by atoms with Gasteiger partial charge < -0.3 is 64.8 Å². The van der Waals surface area contributed by atoms with Crippen LogP contribution in [0.25, 0.3) is 0 Å². The van der Waals surface area contributed by atoms with Gasteiger partial charge in [-0.2, -0.15) is 0 Å². The molecule has 1 unspecified atom stereocenters. The fourth-order valence-corrected chi connectivity index (χ4v) is 8.48. The molecule has 1 heterocycles. The van der Waals surface area contributed by atoms with Crippen LogP contribution < -0.4 is 59.7 Å². The summed E-state index contributed by atoms with van der Waals surface area (Å²) in [6.45, 7) is 13.0. The zero-order valence-corrected chi connectivity index (χ0v) is 44.4. The van der Waals surface area contributed by atoms with Gasteiger partial charge in [-0.1, -0.05) is 91.6 Å². The molecule has 8 amide bonds. The molecule has 0 radical (unpaired) electrons. The quantitative estimate of drug-likeness (QED) is 0.0700. The maximum atomic E-state index is 14.4. The van der Waals surface area contributed by atoms with Crippen molar-refractivity contribution in [2.45, 2.75) is 187 Å². The molecule has 2 rings (SSSR count). The summed E-state index contributed by atoms with van der Waals surface area (Å²) in [6.07, 6.45) is 1.11. The van der Waals surface area contributed by atoms with Gasteiger partial charge in [0.05, 0.1) is 18.6 Å². The van der Waals surface area contributed by atoms with Gasteiger partial charge in [0.1, 0.15) is 36.3 Å². The van der Waals surface area contributed by atoms with Crippen LogP contribution in [0, 0.1) is 23.7 Å². The highest BCUT2D eigenvalue weighted by Crippen LogP contribution is 2.19. The van der Waals surface area contributed by atoms with Crippen molar-refractivity contribution in [2.24, 2.45) is 40.9 Å². The monoisotopic (exact) mass is 1030 g/mol. The van der Waals surface area contributed by atoms with E-state index in [9.17, 15) is 48.3 Å². The highest BCUT2D eigenvalue weighted by molar-refractivity contribution is 5.98. The van der Waals surface area contributed by atoms with E-state index < -0.39 is 107 Å². The number of carbonyl (C=O) groups excluding carboxylic acids is 9. The van der Waals surface area contributed by atoms with E-state index in [-0.39, 0.29) is 102 Å². The van der Waals surface area contributed by atoms with E-state index in [0.29, 0.717) is 25.2 Å². The van der Waals surface area contributed by atoms with Crippen LogP contribution in [0.5, 0.6) is 0 Å². The van der Waals surface area contributed by atoms with E-state index in [0.717, 1.165) is 12.0 Å². The van der Waals surface area contributed by atoms with Crippen LogP contribution in [0.3, 0.4) is 0 Å². The molecule has 1 aliphatic heterocycles. The van der Waals surface area contributed by atoms with Gasteiger partial charge in [0.15, 0.2) is 5.78 Å². The van der Waals surface area contributed by atoms with E-state index in [1.165, 1.54) is 0 Å². The van der Waals surface area contributed by atoms with Crippen LogP contribution in [0.1, 0.15) is 138 Å². The molecule has 0 bridgehead atoms. The van der Waals surface area contributed by atoms with Gasteiger partial charge in [0.2, 0.25) is 47.3 Å². The van der Waals surface area contributed by atoms with E-state index in [1.54, 1.807) is 30.3 Å². The third-order valence-electron chi connectivity index (χ3n) is 12.9. The lowest BCUT2D eigenvalue weighted by Gasteiger charge is -2.28. The normalized spacial score (nSPS) is 23.7. The van der Waals surface area contributed by atoms with E-state index in [2.05, 4.69) is 42.5 Å². The molecule has 73 heavy (non-hydrogen) atoms. The highest BCUT2D eigenvalue weighted by Gasteiger charge is 2.36. The van der Waals surface area contributed by atoms with Gasteiger partial charge in [0.25, 0.3) is 0 Å². The summed E-state index contributed by atoms with van der Waals surface area (Å²) in [5.41, 5.74) is 18.5. The lowest BCUT2D eigenvalue weighted by molar-refractivity contribution is -0.136. The van der Waals surface area contributed by atoms with Gasteiger partial charge in [-0.05, 0) is 107 Å². The largest absolute Gasteiger partial charge is 0.393 e. The zero-order valence-electron chi connectivity index (χ0n) is 44.4. The van der Waals surface area contributed by atoms with Crippen LogP contribution in [-0.4, -0.2) is 133 Å². The molecular weight excluding hydrogens is 939 g/mol. The summed E-state index contributed by atoms with van der Waals surface area (Å²) < 4.78 is 0. The predicted molar refractivity (Wildman–Crippen MR) is 279 cm³/mol. The Balaban J connectivity index is 2.69. The lowest BCUT2D eigenvalue weighted by atomic mass is 9.88. The Morgan fingerprint density at radius 3 is 1.74 bits per heavy atom. The van der Waals surface area contributed by atoms with Crippen LogP contribution >= 0.6 is 0 Å². The molecule has 1 aromatic carbocycles. The lowest BCUT2D eigenvalue weighted by Crippen LogP contribution is -2.59. The molecule has 0 spiro atoms. The molecule has 1 aliphatic rings. The Hall–Kier alpha value is -5.51. The molecule has 15 N–H and O–H groups in total. The highest BCUT2D eigenvalue weighted by atomic mass is 16.3. The number of hydrogen-bond donors (Lipinski definition) is 12. The van der Waals surface area contributed by atoms with Gasteiger partial charge >= 0.3 is 0 Å². The molecule has 21 heteroatoms. The molecule has 0 aliphatic carbocycles. The van der Waals surface area contributed by atoms with E-state index >= 15 is 0 Å². The maximum absolute atomic E-state index is 14.4. The minimum absolute atomic E-state index is 0.00473. The Labute approximate surface area is 432 Å². The van der Waals surface area contributed by atoms with Gasteiger partial charge in [-0.25, -0.2) is 0 Å². The summed E-state index contributed by atoms with van der Waals surface area (Å²) >= 11 is 0. The number of Topliss-reactive ketones (excluding diaryl/α,β-unsaturated/α-hetero) is 1. The number of rotatable bonds is 23. The second-order valence-electron chi connectivity index (χ2n) is 20.4. The summed E-state index contributed by atoms with van der Waals surface area (Å²) in [7, 11) is 0. The summed E-state index contributed by atoms with van der Waals surface area (Å²) in [5, 5.41) is 32.4. The van der Waals surface area contributed by atoms with E-state index in [1.807, 2.05) is 48.5 Å². The van der Waals surface area contributed by atoms with Gasteiger partial charge in [-0.15, -0.1) is 0 Å². The first-order valence-corrected chi connectivity index (χ1v) is 26.4. The molecule has 10 atom stereocenters. The molecule has 21 nitrogen and oxygen atoms in total. The first-order chi connectivity index (χ1) is 34.7. The van der Waals surface area contributed by atoms with Crippen LogP contribution in [0.15, 0.2) is 30.3 Å². The average molecular weight is 1030 g/mol. The number of nitrogens with one attached hydrogen (secondary N) is 8. The van der Waals surface area contributed by atoms with Crippen molar-refractivity contribution in [2.75, 3.05) is 26.2 Å². The molecule has 0 aromatic heterocycles. The van der Waals surface area contributed by atoms with Gasteiger partial charge in [-0.3, -0.25) is 43.2 Å². The number of aliphatic hydroxyl groups is 1. The fourth-order valence-electron chi connectivity index (χ4n) is 8.48. The number of hydrogen-bond acceptors (Lipinski definition) is 13. The van der Waals surface area contributed by atoms with Crippen LogP contribution in [-0.2, 0) is 49.6 Å². The third-order valence-corrected chi connectivity index (χ3v) is 12.9. The molecule has 1 aromatic rings. The number of nitrogens with two attached hydrogens (primary N) is 3. The average Bonchev–Trinajstić information content (AvgIpc) is 3.33.